The van der Waals surface area contributed by atoms with E-state index in [1.54, 1.807) is 11.8 Å². The third-order valence-corrected chi connectivity index (χ3v) is 5.98. The molecule has 0 fully saturated rings. The molecule has 0 aliphatic carbocycles. The Bertz CT molecular complexity index is 918. The third kappa shape index (κ3) is 5.64. The molecule has 0 spiro atoms. The van der Waals surface area contributed by atoms with Crippen molar-refractivity contribution in [3.8, 4) is 11.3 Å². The number of halogens is 1. The molecule has 0 aliphatic heterocycles. The van der Waals surface area contributed by atoms with Gasteiger partial charge in [0.15, 0.2) is 0 Å². The fourth-order valence-corrected chi connectivity index (χ4v) is 4.12. The minimum atomic E-state index is -0.311. The number of rotatable bonds is 6. The second-order valence-corrected chi connectivity index (χ2v) is 9.21. The molecule has 29 heavy (non-hydrogen) atoms. The summed E-state index contributed by atoms with van der Waals surface area (Å²) in [6.45, 7) is 6.61. The zero-order valence-corrected chi connectivity index (χ0v) is 19.1. The SMILES string of the molecule is Cl.Cn1nc(-c2ccccc2)c(CC(N)CO)c1Sc1ccc(C(C)(C)C)cc1. The highest BCUT2D eigenvalue weighted by Crippen LogP contribution is 2.37. The number of benzene rings is 2. The van der Waals surface area contributed by atoms with Crippen molar-refractivity contribution in [1.82, 2.24) is 9.78 Å². The molecule has 3 rings (SSSR count). The van der Waals surface area contributed by atoms with E-state index in [-0.39, 0.29) is 30.5 Å². The first-order valence-electron chi connectivity index (χ1n) is 9.55. The zero-order chi connectivity index (χ0) is 20.3. The molecule has 156 valence electrons. The maximum Gasteiger partial charge on any atom is 0.102 e. The number of aliphatic hydroxyl groups is 1. The minimum absolute atomic E-state index is 0. The van der Waals surface area contributed by atoms with Gasteiger partial charge in [-0.3, -0.25) is 4.68 Å². The van der Waals surface area contributed by atoms with Crippen LogP contribution in [-0.4, -0.2) is 27.5 Å². The van der Waals surface area contributed by atoms with Gasteiger partial charge < -0.3 is 10.8 Å². The minimum Gasteiger partial charge on any atom is -0.395 e. The lowest BCUT2D eigenvalue weighted by Crippen LogP contribution is -2.27. The Labute approximate surface area is 183 Å². The Kier molecular flexibility index (Phi) is 7.94. The van der Waals surface area contributed by atoms with Crippen LogP contribution in [0.25, 0.3) is 11.3 Å². The Morgan fingerprint density at radius 1 is 1.07 bits per heavy atom. The van der Waals surface area contributed by atoms with Crippen molar-refractivity contribution in [1.29, 1.82) is 0 Å². The number of hydrogen-bond donors (Lipinski definition) is 2. The molecule has 1 aromatic heterocycles. The summed E-state index contributed by atoms with van der Waals surface area (Å²) in [5.41, 5.74) is 10.6. The predicted octanol–water partition coefficient (Wildman–Crippen LogP) is 4.82. The van der Waals surface area contributed by atoms with Crippen molar-refractivity contribution >= 4 is 24.2 Å². The molecule has 4 nitrogen and oxygen atoms in total. The monoisotopic (exact) mass is 431 g/mol. The van der Waals surface area contributed by atoms with Crippen molar-refractivity contribution < 1.29 is 5.11 Å². The first-order valence-corrected chi connectivity index (χ1v) is 10.4. The summed E-state index contributed by atoms with van der Waals surface area (Å²) in [4.78, 5) is 1.16. The normalized spacial score (nSPS) is 12.5. The van der Waals surface area contributed by atoms with Gasteiger partial charge in [-0.1, -0.05) is 75.0 Å². The van der Waals surface area contributed by atoms with Crippen molar-refractivity contribution in [3.05, 3.63) is 65.7 Å². The molecule has 3 aromatic rings. The summed E-state index contributed by atoms with van der Waals surface area (Å²) in [5.74, 6) is 0. The highest BCUT2D eigenvalue weighted by atomic mass is 35.5. The van der Waals surface area contributed by atoms with E-state index in [1.807, 2.05) is 29.9 Å². The van der Waals surface area contributed by atoms with E-state index >= 15 is 0 Å². The van der Waals surface area contributed by atoms with Gasteiger partial charge in [0, 0.05) is 29.1 Å². The molecule has 6 heteroatoms. The largest absolute Gasteiger partial charge is 0.395 e. The van der Waals surface area contributed by atoms with Crippen LogP contribution >= 0.6 is 24.2 Å². The number of hydrogen-bond acceptors (Lipinski definition) is 4. The van der Waals surface area contributed by atoms with Crippen LogP contribution in [0, 0.1) is 0 Å². The molecular formula is C23H30ClN3OS. The standard InChI is InChI=1S/C23H29N3OS.ClH/c1-23(2,3)17-10-12-19(13-11-17)28-22-20(14-18(24)15-27)21(25-26(22)4)16-8-6-5-7-9-16;/h5-13,18,27H,14-15,24H2,1-4H3;1H. The molecule has 0 bridgehead atoms. The van der Waals surface area contributed by atoms with E-state index in [2.05, 4.69) is 57.2 Å². The fourth-order valence-electron chi connectivity index (χ4n) is 3.15. The van der Waals surface area contributed by atoms with Gasteiger partial charge in [-0.05, 0) is 29.5 Å². The molecule has 2 aromatic carbocycles. The molecular weight excluding hydrogens is 402 g/mol. The van der Waals surface area contributed by atoms with Crippen molar-refractivity contribution in [2.24, 2.45) is 12.8 Å². The van der Waals surface area contributed by atoms with Crippen LogP contribution in [0.1, 0.15) is 31.9 Å². The van der Waals surface area contributed by atoms with Crippen LogP contribution in [0.2, 0.25) is 0 Å². The molecule has 1 unspecified atom stereocenters. The number of nitrogens with zero attached hydrogens (tertiary/aromatic N) is 2. The number of aromatic nitrogens is 2. The maximum atomic E-state index is 9.49. The molecule has 1 atom stereocenters. The highest BCUT2D eigenvalue weighted by Gasteiger charge is 2.21. The topological polar surface area (TPSA) is 64.1 Å². The number of nitrogens with two attached hydrogens (primary N) is 1. The van der Waals surface area contributed by atoms with Gasteiger partial charge in [-0.15, -0.1) is 12.4 Å². The van der Waals surface area contributed by atoms with Crippen molar-refractivity contribution in [2.45, 2.75) is 48.6 Å². The average Bonchev–Trinajstić information content (AvgIpc) is 2.98. The summed E-state index contributed by atoms with van der Waals surface area (Å²) in [7, 11) is 1.96. The molecule has 0 amide bonds. The van der Waals surface area contributed by atoms with Crippen LogP contribution < -0.4 is 5.73 Å². The van der Waals surface area contributed by atoms with Gasteiger partial charge >= 0.3 is 0 Å². The van der Waals surface area contributed by atoms with Crippen LogP contribution in [0.15, 0.2) is 64.5 Å². The van der Waals surface area contributed by atoms with Gasteiger partial charge in [-0.25, -0.2) is 0 Å². The molecule has 0 saturated carbocycles. The number of aliphatic hydroxyl groups excluding tert-OH is 1. The van der Waals surface area contributed by atoms with E-state index in [9.17, 15) is 5.11 Å². The second kappa shape index (κ2) is 9.81. The fraction of sp³-hybridized carbons (Fsp3) is 0.348. The van der Waals surface area contributed by atoms with Crippen LogP contribution in [0.3, 0.4) is 0 Å². The van der Waals surface area contributed by atoms with Crippen LogP contribution in [-0.2, 0) is 18.9 Å². The lowest BCUT2D eigenvalue weighted by atomic mass is 9.87. The van der Waals surface area contributed by atoms with Gasteiger partial charge in [0.2, 0.25) is 0 Å². The third-order valence-electron chi connectivity index (χ3n) is 4.77. The van der Waals surface area contributed by atoms with Crippen molar-refractivity contribution in [2.75, 3.05) is 6.61 Å². The molecule has 0 radical (unpaired) electrons. The van der Waals surface area contributed by atoms with E-state index < -0.39 is 0 Å². The Morgan fingerprint density at radius 3 is 2.24 bits per heavy atom. The van der Waals surface area contributed by atoms with E-state index in [0.29, 0.717) is 6.42 Å². The summed E-state index contributed by atoms with van der Waals surface area (Å²) >= 11 is 1.69. The Morgan fingerprint density at radius 2 is 1.69 bits per heavy atom. The first kappa shape index (κ1) is 23.5. The molecule has 0 saturated heterocycles. The van der Waals surface area contributed by atoms with Crippen LogP contribution in [0.4, 0.5) is 0 Å². The predicted molar refractivity (Wildman–Crippen MR) is 124 cm³/mol. The van der Waals surface area contributed by atoms with Gasteiger partial charge in [0.1, 0.15) is 5.03 Å². The first-order chi connectivity index (χ1) is 13.3. The molecule has 1 heterocycles. The average molecular weight is 432 g/mol. The highest BCUT2D eigenvalue weighted by molar-refractivity contribution is 7.99. The quantitative estimate of drug-likeness (QED) is 0.587. The molecule has 3 N–H and O–H groups in total. The maximum absolute atomic E-state index is 9.49. The second-order valence-electron chi connectivity index (χ2n) is 8.15. The zero-order valence-electron chi connectivity index (χ0n) is 17.4. The lowest BCUT2D eigenvalue weighted by molar-refractivity contribution is 0.265. The number of aryl methyl sites for hydroxylation is 1. The summed E-state index contributed by atoms with van der Waals surface area (Å²) in [6.07, 6.45) is 0.580. The van der Waals surface area contributed by atoms with Gasteiger partial charge in [0.05, 0.1) is 12.3 Å². The Balaban J connectivity index is 0.00000300. The Hall–Kier alpha value is -1.79. The summed E-state index contributed by atoms with van der Waals surface area (Å²) in [5, 5.41) is 15.3. The van der Waals surface area contributed by atoms with E-state index in [0.717, 1.165) is 26.7 Å². The van der Waals surface area contributed by atoms with Crippen molar-refractivity contribution in [3.63, 3.8) is 0 Å². The van der Waals surface area contributed by atoms with Gasteiger partial charge in [-0.2, -0.15) is 5.10 Å². The lowest BCUT2D eigenvalue weighted by Gasteiger charge is -2.19. The smallest absolute Gasteiger partial charge is 0.102 e. The van der Waals surface area contributed by atoms with E-state index in [4.69, 9.17) is 10.8 Å². The summed E-state index contributed by atoms with van der Waals surface area (Å²) in [6, 6.07) is 18.5. The molecule has 0 aliphatic rings. The van der Waals surface area contributed by atoms with Gasteiger partial charge in [0.25, 0.3) is 0 Å². The van der Waals surface area contributed by atoms with Crippen LogP contribution in [0.5, 0.6) is 0 Å². The summed E-state index contributed by atoms with van der Waals surface area (Å²) < 4.78 is 1.92. The van der Waals surface area contributed by atoms with E-state index in [1.165, 1.54) is 5.56 Å².